The van der Waals surface area contributed by atoms with E-state index in [0.717, 1.165) is 43.0 Å². The maximum atomic E-state index is 11.7. The zero-order chi connectivity index (χ0) is 17.2. The normalized spacial score (nSPS) is 17.6. The van der Waals surface area contributed by atoms with Crippen molar-refractivity contribution in [3.05, 3.63) is 63.9 Å². The van der Waals surface area contributed by atoms with Gasteiger partial charge in [-0.2, -0.15) is 5.10 Å². The second-order valence-corrected chi connectivity index (χ2v) is 6.61. The fourth-order valence-corrected chi connectivity index (χ4v) is 3.53. The summed E-state index contributed by atoms with van der Waals surface area (Å²) in [6.45, 7) is 1.61. The smallest absolute Gasteiger partial charge is 0.285 e. The third-order valence-corrected chi connectivity index (χ3v) is 4.97. The van der Waals surface area contributed by atoms with Gasteiger partial charge in [-0.1, -0.05) is 41.9 Å². The summed E-state index contributed by atoms with van der Waals surface area (Å²) in [7, 11) is 0. The number of piperidine rings is 1. The fourth-order valence-electron chi connectivity index (χ4n) is 3.32. The van der Waals surface area contributed by atoms with Crippen molar-refractivity contribution in [1.29, 1.82) is 0 Å². The quantitative estimate of drug-likeness (QED) is 0.756. The van der Waals surface area contributed by atoms with Gasteiger partial charge in [0.2, 0.25) is 0 Å². The van der Waals surface area contributed by atoms with E-state index in [2.05, 4.69) is 37.2 Å². The van der Waals surface area contributed by atoms with Crippen LogP contribution in [0, 0.1) is 0 Å². The molecule has 3 aromatic rings. The zero-order valence-electron chi connectivity index (χ0n) is 13.6. The Morgan fingerprint density at radius 1 is 1.20 bits per heavy atom. The first kappa shape index (κ1) is 15.9. The Bertz CT molecular complexity index is 920. The second-order valence-electron chi connectivity index (χ2n) is 6.23. The average molecular weight is 356 g/mol. The van der Waals surface area contributed by atoms with Gasteiger partial charge in [0.1, 0.15) is 10.8 Å². The Morgan fingerprint density at radius 3 is 2.88 bits per heavy atom. The molecule has 6 nitrogen and oxygen atoms in total. The molecule has 2 aromatic heterocycles. The van der Waals surface area contributed by atoms with E-state index in [9.17, 15) is 4.79 Å². The minimum atomic E-state index is -0.356. The van der Waals surface area contributed by atoms with Crippen molar-refractivity contribution in [1.82, 2.24) is 20.2 Å². The lowest BCUT2D eigenvalue weighted by Crippen LogP contribution is -2.35. The van der Waals surface area contributed by atoms with E-state index in [0.29, 0.717) is 5.69 Å². The van der Waals surface area contributed by atoms with Crippen LogP contribution in [0.4, 0.5) is 5.69 Å². The van der Waals surface area contributed by atoms with Gasteiger partial charge in [0.15, 0.2) is 0 Å². The van der Waals surface area contributed by atoms with Crippen LogP contribution in [0.2, 0.25) is 5.02 Å². The molecule has 1 aromatic carbocycles. The molecule has 1 atom stereocenters. The highest BCUT2D eigenvalue weighted by molar-refractivity contribution is 6.33. The molecule has 1 unspecified atom stereocenters. The monoisotopic (exact) mass is 355 g/mol. The molecule has 0 spiro atoms. The van der Waals surface area contributed by atoms with Gasteiger partial charge in [-0.15, -0.1) is 0 Å². The number of aromatic amines is 2. The molecule has 1 saturated heterocycles. The standard InChI is InChI=1S/C18H18ClN5O/c19-16-15(10-21-23-18(16)25)24-8-4-7-13(11-24)17-20-9-14(22-17)12-5-2-1-3-6-12/h1-3,5-6,9-10,13H,4,7-8,11H2,(H,20,22)(H,23,25). The molecule has 0 bridgehead atoms. The number of H-pyrrole nitrogens is 2. The third-order valence-electron chi connectivity index (χ3n) is 4.61. The van der Waals surface area contributed by atoms with Crippen LogP contribution in [-0.2, 0) is 0 Å². The van der Waals surface area contributed by atoms with Gasteiger partial charge < -0.3 is 9.88 Å². The number of anilines is 1. The Balaban J connectivity index is 1.57. The number of benzene rings is 1. The molecule has 25 heavy (non-hydrogen) atoms. The van der Waals surface area contributed by atoms with Gasteiger partial charge in [0, 0.05) is 19.0 Å². The molecular weight excluding hydrogens is 338 g/mol. The van der Waals surface area contributed by atoms with Crippen LogP contribution < -0.4 is 10.5 Å². The summed E-state index contributed by atoms with van der Waals surface area (Å²) in [5.74, 6) is 1.24. The van der Waals surface area contributed by atoms with E-state index in [-0.39, 0.29) is 16.5 Å². The van der Waals surface area contributed by atoms with Crippen LogP contribution in [-0.4, -0.2) is 33.3 Å². The number of hydrogen-bond acceptors (Lipinski definition) is 4. The Kier molecular flexibility index (Phi) is 4.28. The van der Waals surface area contributed by atoms with Crippen LogP contribution in [0.15, 0.2) is 47.5 Å². The van der Waals surface area contributed by atoms with Crippen molar-refractivity contribution in [2.75, 3.05) is 18.0 Å². The number of imidazole rings is 1. The molecule has 3 heterocycles. The highest BCUT2D eigenvalue weighted by Gasteiger charge is 2.25. The molecule has 0 radical (unpaired) electrons. The second kappa shape index (κ2) is 6.72. The highest BCUT2D eigenvalue weighted by atomic mass is 35.5. The van der Waals surface area contributed by atoms with E-state index in [4.69, 9.17) is 11.6 Å². The van der Waals surface area contributed by atoms with Gasteiger partial charge >= 0.3 is 0 Å². The Hall–Kier alpha value is -2.60. The molecule has 1 aliphatic rings. The lowest BCUT2D eigenvalue weighted by atomic mass is 9.97. The Morgan fingerprint density at radius 2 is 2.04 bits per heavy atom. The van der Waals surface area contributed by atoms with Gasteiger partial charge in [-0.3, -0.25) is 4.79 Å². The van der Waals surface area contributed by atoms with Crippen molar-refractivity contribution in [3.8, 4) is 11.3 Å². The number of aromatic nitrogens is 4. The SMILES string of the molecule is O=c1[nH]ncc(N2CCCC(c3ncc(-c4ccccc4)[nH]3)C2)c1Cl. The lowest BCUT2D eigenvalue weighted by Gasteiger charge is -2.33. The molecule has 7 heteroatoms. The molecule has 1 aliphatic heterocycles. The topological polar surface area (TPSA) is 77.7 Å². The first-order valence-electron chi connectivity index (χ1n) is 8.31. The first-order valence-corrected chi connectivity index (χ1v) is 8.68. The van der Waals surface area contributed by atoms with Crippen LogP contribution in [0.5, 0.6) is 0 Å². The minimum absolute atomic E-state index is 0.195. The molecule has 1 fully saturated rings. The van der Waals surface area contributed by atoms with Crippen LogP contribution in [0.3, 0.4) is 0 Å². The van der Waals surface area contributed by atoms with E-state index in [1.165, 1.54) is 0 Å². The molecular formula is C18H18ClN5O. The largest absolute Gasteiger partial charge is 0.368 e. The van der Waals surface area contributed by atoms with E-state index >= 15 is 0 Å². The zero-order valence-corrected chi connectivity index (χ0v) is 14.3. The van der Waals surface area contributed by atoms with Crippen LogP contribution in [0.25, 0.3) is 11.3 Å². The van der Waals surface area contributed by atoms with Crippen molar-refractivity contribution in [2.45, 2.75) is 18.8 Å². The van der Waals surface area contributed by atoms with E-state index in [1.807, 2.05) is 24.4 Å². The predicted molar refractivity (Wildman–Crippen MR) is 98.1 cm³/mol. The molecule has 0 saturated carbocycles. The van der Waals surface area contributed by atoms with Gasteiger partial charge in [0.25, 0.3) is 5.56 Å². The maximum absolute atomic E-state index is 11.7. The van der Waals surface area contributed by atoms with Crippen molar-refractivity contribution in [3.63, 3.8) is 0 Å². The fraction of sp³-hybridized carbons (Fsp3) is 0.278. The number of nitrogens with zero attached hydrogens (tertiary/aromatic N) is 3. The molecule has 4 rings (SSSR count). The number of nitrogens with one attached hydrogen (secondary N) is 2. The third kappa shape index (κ3) is 3.17. The highest BCUT2D eigenvalue weighted by Crippen LogP contribution is 2.31. The molecule has 0 amide bonds. The van der Waals surface area contributed by atoms with Crippen molar-refractivity contribution in [2.24, 2.45) is 0 Å². The molecule has 2 N–H and O–H groups in total. The predicted octanol–water partition coefficient (Wildman–Crippen LogP) is 3.20. The lowest BCUT2D eigenvalue weighted by molar-refractivity contribution is 0.494. The number of halogens is 1. The van der Waals surface area contributed by atoms with Crippen molar-refractivity contribution < 1.29 is 0 Å². The Labute approximate surface area is 149 Å². The van der Waals surface area contributed by atoms with E-state index < -0.39 is 0 Å². The summed E-state index contributed by atoms with van der Waals surface area (Å²) in [6, 6.07) is 10.2. The molecule has 128 valence electrons. The summed E-state index contributed by atoms with van der Waals surface area (Å²) < 4.78 is 0. The summed E-state index contributed by atoms with van der Waals surface area (Å²) in [6.07, 6.45) is 5.55. The summed E-state index contributed by atoms with van der Waals surface area (Å²) in [4.78, 5) is 21.8. The first-order chi connectivity index (χ1) is 12.2. The minimum Gasteiger partial charge on any atom is -0.368 e. The summed E-state index contributed by atoms with van der Waals surface area (Å²) >= 11 is 6.16. The summed E-state index contributed by atoms with van der Waals surface area (Å²) in [5.41, 5.74) is 2.47. The van der Waals surface area contributed by atoms with Crippen LogP contribution in [0.1, 0.15) is 24.6 Å². The maximum Gasteiger partial charge on any atom is 0.285 e. The molecule has 0 aliphatic carbocycles. The van der Waals surface area contributed by atoms with Gasteiger partial charge in [0.05, 0.1) is 23.8 Å². The van der Waals surface area contributed by atoms with Crippen LogP contribution >= 0.6 is 11.6 Å². The number of rotatable bonds is 3. The van der Waals surface area contributed by atoms with Crippen molar-refractivity contribution >= 4 is 17.3 Å². The average Bonchev–Trinajstić information content (AvgIpc) is 3.15. The van der Waals surface area contributed by atoms with Gasteiger partial charge in [-0.05, 0) is 18.4 Å². The van der Waals surface area contributed by atoms with E-state index in [1.54, 1.807) is 6.20 Å². The number of hydrogen-bond donors (Lipinski definition) is 2. The van der Waals surface area contributed by atoms with Gasteiger partial charge in [-0.25, -0.2) is 10.1 Å². The summed E-state index contributed by atoms with van der Waals surface area (Å²) in [5, 5.41) is 6.43.